The maximum Gasteiger partial charge on any atom is 0.277 e. The van der Waals surface area contributed by atoms with E-state index in [1.165, 1.54) is 25.4 Å². The molecule has 3 rings (SSSR count). The van der Waals surface area contributed by atoms with Gasteiger partial charge in [0, 0.05) is 18.5 Å². The van der Waals surface area contributed by atoms with Crippen molar-refractivity contribution in [1.29, 1.82) is 0 Å². The minimum atomic E-state index is -3.03. The third-order valence-electron chi connectivity index (χ3n) is 3.54. The molecule has 0 aliphatic heterocycles. The second-order valence-corrected chi connectivity index (χ2v) is 6.19. The molecule has 0 radical (unpaired) electrons. The quantitative estimate of drug-likeness (QED) is 0.482. The van der Waals surface area contributed by atoms with Crippen LogP contribution in [0.3, 0.4) is 0 Å². The van der Waals surface area contributed by atoms with Crippen LogP contribution in [0.5, 0.6) is 0 Å². The lowest BCUT2D eigenvalue weighted by atomic mass is 10.0. The summed E-state index contributed by atoms with van der Waals surface area (Å²) in [5, 5.41) is 4.93. The van der Waals surface area contributed by atoms with E-state index in [-0.39, 0.29) is 16.7 Å². The molecule has 0 bridgehead atoms. The zero-order valence-electron chi connectivity index (χ0n) is 12.1. The Morgan fingerprint density at radius 1 is 1.39 bits per heavy atom. The van der Waals surface area contributed by atoms with Gasteiger partial charge >= 0.3 is 0 Å². The monoisotopic (exact) mass is 356 g/mol. The van der Waals surface area contributed by atoms with Crippen LogP contribution < -0.4 is 5.06 Å². The molecule has 1 aliphatic rings. The van der Waals surface area contributed by atoms with Gasteiger partial charge in [0.2, 0.25) is 0 Å². The summed E-state index contributed by atoms with van der Waals surface area (Å²) in [4.78, 5) is 12.6. The zero-order valence-corrected chi connectivity index (χ0v) is 13.7. The number of ketones is 1. The number of rotatable bonds is 6. The van der Waals surface area contributed by atoms with Gasteiger partial charge in [0.05, 0.1) is 22.5 Å². The molecule has 0 saturated heterocycles. The van der Waals surface area contributed by atoms with Crippen molar-refractivity contribution >= 4 is 34.1 Å². The van der Waals surface area contributed by atoms with Crippen LogP contribution in [0.2, 0.25) is 5.02 Å². The number of hydrogen-bond acceptors (Lipinski definition) is 7. The first-order valence-electron chi connectivity index (χ1n) is 6.82. The second kappa shape index (κ2) is 6.31. The molecule has 7 nitrogen and oxygen atoms in total. The van der Waals surface area contributed by atoms with Gasteiger partial charge in [0.15, 0.2) is 11.5 Å². The van der Waals surface area contributed by atoms with E-state index in [9.17, 15) is 13.2 Å². The Labute approximate surface area is 138 Å². The fourth-order valence-electron chi connectivity index (χ4n) is 2.24. The maximum atomic E-state index is 12.6. The molecule has 0 spiro atoms. The Balaban J connectivity index is 1.88. The Morgan fingerprint density at radius 3 is 2.74 bits per heavy atom. The fourth-order valence-corrected chi connectivity index (χ4v) is 2.79. The molecular formula is C14H13ClN2O5S. The van der Waals surface area contributed by atoms with Crippen molar-refractivity contribution < 1.29 is 22.0 Å². The van der Waals surface area contributed by atoms with E-state index in [1.54, 1.807) is 6.07 Å². The van der Waals surface area contributed by atoms with Crippen LogP contribution in [0.1, 0.15) is 40.4 Å². The van der Waals surface area contributed by atoms with Gasteiger partial charge < -0.3 is 4.52 Å². The van der Waals surface area contributed by atoms with E-state index in [0.717, 1.165) is 17.9 Å². The maximum absolute atomic E-state index is 12.6. The van der Waals surface area contributed by atoms with Crippen molar-refractivity contribution in [2.45, 2.75) is 18.8 Å². The number of aromatic nitrogens is 1. The van der Waals surface area contributed by atoms with E-state index >= 15 is 0 Å². The molecular weight excluding hydrogens is 344 g/mol. The molecule has 1 heterocycles. The largest absolute Gasteiger partial charge is 0.360 e. The SMILES string of the molecule is CN(O[SH](=O)=O)c1ccc(C(=O)c2cnoc2C2CC2)c(Cl)c1. The number of anilines is 1. The van der Waals surface area contributed by atoms with Gasteiger partial charge in [0.25, 0.3) is 11.0 Å². The molecule has 1 aliphatic carbocycles. The van der Waals surface area contributed by atoms with Gasteiger partial charge in [-0.15, -0.1) is 0 Å². The number of carbonyl (C=O) groups excluding carboxylic acids is 1. The second-order valence-electron chi connectivity index (χ2n) is 5.17. The highest BCUT2D eigenvalue weighted by molar-refractivity contribution is 7.67. The predicted molar refractivity (Wildman–Crippen MR) is 83.2 cm³/mol. The lowest BCUT2D eigenvalue weighted by Crippen LogP contribution is -2.17. The average molecular weight is 357 g/mol. The standard InChI is InChI=1S/C14H13ClN2O5S/c1-17(22-23(19)20)9-4-5-10(12(15)6-9)13(18)11-7-16-21-14(11)8-2-3-8/h4-8,23H,2-3H2,1H3. The van der Waals surface area contributed by atoms with Crippen LogP contribution in [0.15, 0.2) is 28.9 Å². The Morgan fingerprint density at radius 2 is 2.13 bits per heavy atom. The highest BCUT2D eigenvalue weighted by Crippen LogP contribution is 2.42. The molecule has 1 saturated carbocycles. The fraction of sp³-hybridized carbons (Fsp3) is 0.286. The highest BCUT2D eigenvalue weighted by Gasteiger charge is 2.33. The van der Waals surface area contributed by atoms with Crippen molar-refractivity contribution in [3.63, 3.8) is 0 Å². The molecule has 0 N–H and O–H groups in total. The summed E-state index contributed by atoms with van der Waals surface area (Å²) in [6, 6.07) is 4.52. The van der Waals surface area contributed by atoms with Gasteiger partial charge in [-0.2, -0.15) is 4.28 Å². The third kappa shape index (κ3) is 3.39. The highest BCUT2D eigenvalue weighted by atomic mass is 35.5. The number of carbonyl (C=O) groups is 1. The van der Waals surface area contributed by atoms with E-state index in [4.69, 9.17) is 16.1 Å². The van der Waals surface area contributed by atoms with Crippen LogP contribution in [0.4, 0.5) is 5.69 Å². The first-order chi connectivity index (χ1) is 11.0. The topological polar surface area (TPSA) is 89.7 Å². The van der Waals surface area contributed by atoms with Crippen LogP contribution in [0.25, 0.3) is 0 Å². The van der Waals surface area contributed by atoms with Gasteiger partial charge in [0.1, 0.15) is 0 Å². The minimum Gasteiger partial charge on any atom is -0.360 e. The number of halogens is 1. The lowest BCUT2D eigenvalue weighted by Gasteiger charge is -2.15. The number of nitrogens with zero attached hydrogens (tertiary/aromatic N) is 2. The van der Waals surface area contributed by atoms with Crippen molar-refractivity contribution in [2.75, 3.05) is 12.1 Å². The molecule has 2 aromatic rings. The van der Waals surface area contributed by atoms with Crippen LogP contribution in [-0.2, 0) is 15.3 Å². The normalized spacial score (nSPS) is 14.2. The minimum absolute atomic E-state index is 0.187. The Kier molecular flexibility index (Phi) is 4.38. The third-order valence-corrected chi connectivity index (χ3v) is 4.23. The number of thiol groups is 1. The number of hydrogen-bond donors (Lipinski definition) is 1. The number of hydroxylamine groups is 1. The van der Waals surface area contributed by atoms with E-state index in [2.05, 4.69) is 9.44 Å². The molecule has 0 unspecified atom stereocenters. The molecule has 23 heavy (non-hydrogen) atoms. The molecule has 1 fully saturated rings. The molecule has 0 amide bonds. The van der Waals surface area contributed by atoms with E-state index in [1.807, 2.05) is 0 Å². The molecule has 1 aromatic heterocycles. The first-order valence-corrected chi connectivity index (χ1v) is 8.29. The van der Waals surface area contributed by atoms with Gasteiger partial charge in [-0.25, -0.2) is 13.5 Å². The summed E-state index contributed by atoms with van der Waals surface area (Å²) >= 11 is 6.16. The smallest absolute Gasteiger partial charge is 0.277 e. The first kappa shape index (κ1) is 16.0. The van der Waals surface area contributed by atoms with Crippen molar-refractivity contribution in [3.05, 3.63) is 46.3 Å². The molecule has 9 heteroatoms. The summed E-state index contributed by atoms with van der Waals surface area (Å²) in [6.45, 7) is 0. The Bertz CT molecular complexity index is 820. The van der Waals surface area contributed by atoms with Gasteiger partial charge in [-0.05, 0) is 31.0 Å². The van der Waals surface area contributed by atoms with E-state index in [0.29, 0.717) is 22.6 Å². The predicted octanol–water partition coefficient (Wildman–Crippen LogP) is 2.33. The summed E-state index contributed by atoms with van der Waals surface area (Å²) in [7, 11) is -1.61. The van der Waals surface area contributed by atoms with Crippen LogP contribution >= 0.6 is 11.6 Å². The molecule has 0 atom stereocenters. The van der Waals surface area contributed by atoms with Crippen molar-refractivity contribution in [2.24, 2.45) is 0 Å². The van der Waals surface area contributed by atoms with Crippen LogP contribution in [0, 0.1) is 0 Å². The van der Waals surface area contributed by atoms with E-state index < -0.39 is 11.0 Å². The molecule has 1 aromatic carbocycles. The summed E-state index contributed by atoms with van der Waals surface area (Å²) < 4.78 is 30.9. The van der Waals surface area contributed by atoms with Gasteiger partial charge in [-0.1, -0.05) is 16.8 Å². The average Bonchev–Trinajstić information content (AvgIpc) is 3.23. The van der Waals surface area contributed by atoms with Crippen LogP contribution in [-0.4, -0.2) is 26.4 Å². The summed E-state index contributed by atoms with van der Waals surface area (Å²) in [5.41, 5.74) is 1.10. The number of benzene rings is 1. The van der Waals surface area contributed by atoms with Crippen molar-refractivity contribution in [1.82, 2.24) is 5.16 Å². The molecule has 122 valence electrons. The summed E-state index contributed by atoms with van der Waals surface area (Å²) in [6.07, 6.45) is 3.37. The Hall–Kier alpha value is -1.90. The zero-order chi connectivity index (χ0) is 16.6. The van der Waals surface area contributed by atoms with Crippen molar-refractivity contribution in [3.8, 4) is 0 Å². The lowest BCUT2D eigenvalue weighted by molar-refractivity contribution is 0.103. The van der Waals surface area contributed by atoms with Gasteiger partial charge in [-0.3, -0.25) is 4.79 Å². The summed E-state index contributed by atoms with van der Waals surface area (Å²) in [5.74, 6) is 0.574.